The number of hydrogen-bond acceptors (Lipinski definition) is 3. The smallest absolute Gasteiger partial charge is 0.253 e. The lowest BCUT2D eigenvalue weighted by Crippen LogP contribution is -2.48. The van der Waals surface area contributed by atoms with Crippen LogP contribution in [0.3, 0.4) is 0 Å². The van der Waals surface area contributed by atoms with Crippen molar-refractivity contribution in [3.63, 3.8) is 0 Å². The Morgan fingerprint density at radius 2 is 1.71 bits per heavy atom. The number of nitrogens with zero attached hydrogens (tertiary/aromatic N) is 2. The number of carbonyl (C=O) groups excluding carboxylic acids is 1. The second-order valence-corrected chi connectivity index (χ2v) is 6.26. The van der Waals surface area contributed by atoms with E-state index in [1.54, 1.807) is 24.3 Å². The van der Waals surface area contributed by atoms with Gasteiger partial charge in [0.15, 0.2) is 0 Å². The van der Waals surface area contributed by atoms with Gasteiger partial charge in [0.25, 0.3) is 5.91 Å². The van der Waals surface area contributed by atoms with E-state index in [0.717, 1.165) is 37.7 Å². The fraction of sp³-hybridized carbons (Fsp3) is 0.278. The van der Waals surface area contributed by atoms with Crippen LogP contribution in [0.25, 0.3) is 0 Å². The van der Waals surface area contributed by atoms with Crippen LogP contribution in [-0.4, -0.2) is 41.9 Å². The summed E-state index contributed by atoms with van der Waals surface area (Å²) in [4.78, 5) is 16.7. The number of carbonyl (C=O) groups is 1. The van der Waals surface area contributed by atoms with Crippen LogP contribution in [-0.2, 0) is 6.54 Å². The lowest BCUT2D eigenvalue weighted by molar-refractivity contribution is 0.0628. The monoisotopic (exact) mass is 365 g/mol. The second kappa shape index (κ2) is 8.38. The molecule has 0 aliphatic carbocycles. The molecule has 2 N–H and O–H groups in total. The van der Waals surface area contributed by atoms with Crippen molar-refractivity contribution in [2.75, 3.05) is 31.9 Å². The minimum absolute atomic E-state index is 0. The Morgan fingerprint density at radius 1 is 1.04 bits per heavy atom. The topological polar surface area (TPSA) is 49.6 Å². The Kier molecular flexibility index (Phi) is 6.49. The number of amides is 1. The molecule has 2 aromatic rings. The first-order chi connectivity index (χ1) is 11.1. The first-order valence-corrected chi connectivity index (χ1v) is 8.11. The van der Waals surface area contributed by atoms with Crippen LogP contribution in [0, 0.1) is 0 Å². The van der Waals surface area contributed by atoms with Crippen molar-refractivity contribution in [3.05, 3.63) is 64.7 Å². The highest BCUT2D eigenvalue weighted by Gasteiger charge is 2.22. The molecule has 128 valence electrons. The highest BCUT2D eigenvalue weighted by molar-refractivity contribution is 6.30. The normalized spacial score (nSPS) is 15.0. The zero-order valence-electron chi connectivity index (χ0n) is 13.3. The van der Waals surface area contributed by atoms with E-state index in [-0.39, 0.29) is 18.3 Å². The average molecular weight is 366 g/mol. The van der Waals surface area contributed by atoms with Gasteiger partial charge in [-0.05, 0) is 42.0 Å². The van der Waals surface area contributed by atoms with Gasteiger partial charge in [0, 0.05) is 49.0 Å². The second-order valence-electron chi connectivity index (χ2n) is 5.82. The van der Waals surface area contributed by atoms with Gasteiger partial charge in [0.05, 0.1) is 0 Å². The van der Waals surface area contributed by atoms with Crippen LogP contribution in [0.1, 0.15) is 15.9 Å². The molecule has 0 saturated carbocycles. The molecule has 1 saturated heterocycles. The van der Waals surface area contributed by atoms with Crippen LogP contribution in [0.5, 0.6) is 0 Å². The molecule has 0 atom stereocenters. The number of hydrogen-bond donors (Lipinski definition) is 1. The fourth-order valence-corrected chi connectivity index (χ4v) is 3.02. The van der Waals surface area contributed by atoms with Crippen LogP contribution in [0.15, 0.2) is 48.5 Å². The summed E-state index contributed by atoms with van der Waals surface area (Å²) in [5.74, 6) is 0.0763. The van der Waals surface area contributed by atoms with Crippen molar-refractivity contribution in [2.24, 2.45) is 0 Å². The van der Waals surface area contributed by atoms with Crippen molar-refractivity contribution in [1.82, 2.24) is 9.80 Å². The predicted octanol–water partition coefficient (Wildman–Crippen LogP) is 3.30. The van der Waals surface area contributed by atoms with E-state index in [1.807, 2.05) is 23.1 Å². The number of nitrogen functional groups attached to an aromatic ring is 1. The molecule has 3 rings (SSSR count). The molecule has 2 aromatic carbocycles. The number of benzene rings is 2. The fourth-order valence-electron chi connectivity index (χ4n) is 2.81. The Labute approximate surface area is 153 Å². The maximum atomic E-state index is 12.5. The summed E-state index contributed by atoms with van der Waals surface area (Å²) in [5.41, 5.74) is 8.24. The molecule has 6 heteroatoms. The lowest BCUT2D eigenvalue weighted by atomic mass is 10.1. The lowest BCUT2D eigenvalue weighted by Gasteiger charge is -2.34. The molecular formula is C18H21Cl2N3O. The van der Waals surface area contributed by atoms with E-state index in [2.05, 4.69) is 11.0 Å². The molecule has 1 fully saturated rings. The summed E-state index contributed by atoms with van der Waals surface area (Å²) in [6.07, 6.45) is 0. The minimum Gasteiger partial charge on any atom is -0.399 e. The highest BCUT2D eigenvalue weighted by Crippen LogP contribution is 2.15. The summed E-state index contributed by atoms with van der Waals surface area (Å²) in [6, 6.07) is 15.0. The van der Waals surface area contributed by atoms with Crippen LogP contribution >= 0.6 is 24.0 Å². The molecule has 24 heavy (non-hydrogen) atoms. The number of halogens is 2. The summed E-state index contributed by atoms with van der Waals surface area (Å²) in [7, 11) is 0. The van der Waals surface area contributed by atoms with Crippen LogP contribution < -0.4 is 5.73 Å². The van der Waals surface area contributed by atoms with E-state index in [4.69, 9.17) is 17.3 Å². The Morgan fingerprint density at radius 3 is 2.33 bits per heavy atom. The van der Waals surface area contributed by atoms with Gasteiger partial charge in [-0.25, -0.2) is 0 Å². The average Bonchev–Trinajstić information content (AvgIpc) is 2.56. The zero-order chi connectivity index (χ0) is 16.2. The number of piperazine rings is 1. The van der Waals surface area contributed by atoms with Crippen molar-refractivity contribution in [3.8, 4) is 0 Å². The SMILES string of the molecule is Cl.Nc1ccc(C(=O)N2CCN(Cc3cccc(Cl)c3)CC2)cc1. The Hall–Kier alpha value is -1.75. The van der Waals surface area contributed by atoms with Gasteiger partial charge in [-0.1, -0.05) is 23.7 Å². The molecule has 0 unspecified atom stereocenters. The van der Waals surface area contributed by atoms with Crippen LogP contribution in [0.4, 0.5) is 5.69 Å². The number of rotatable bonds is 3. The third-order valence-electron chi connectivity index (χ3n) is 4.11. The molecule has 0 spiro atoms. The summed E-state index contributed by atoms with van der Waals surface area (Å²) >= 11 is 6.03. The summed E-state index contributed by atoms with van der Waals surface area (Å²) < 4.78 is 0. The van der Waals surface area contributed by atoms with Gasteiger partial charge in [-0.2, -0.15) is 0 Å². The van der Waals surface area contributed by atoms with Gasteiger partial charge >= 0.3 is 0 Å². The largest absolute Gasteiger partial charge is 0.399 e. The molecular weight excluding hydrogens is 345 g/mol. The van der Waals surface area contributed by atoms with Crippen molar-refractivity contribution >= 4 is 35.6 Å². The number of anilines is 1. The molecule has 4 nitrogen and oxygen atoms in total. The predicted molar refractivity (Wildman–Crippen MR) is 101 cm³/mol. The van der Waals surface area contributed by atoms with Crippen molar-refractivity contribution in [1.29, 1.82) is 0 Å². The molecule has 0 bridgehead atoms. The van der Waals surface area contributed by atoms with Gasteiger partial charge in [-0.3, -0.25) is 9.69 Å². The van der Waals surface area contributed by atoms with E-state index in [1.165, 1.54) is 5.56 Å². The van der Waals surface area contributed by atoms with Gasteiger partial charge < -0.3 is 10.6 Å². The van der Waals surface area contributed by atoms with Crippen LogP contribution in [0.2, 0.25) is 5.02 Å². The van der Waals surface area contributed by atoms with Gasteiger partial charge in [0.2, 0.25) is 0 Å². The van der Waals surface area contributed by atoms with E-state index >= 15 is 0 Å². The van der Waals surface area contributed by atoms with E-state index in [0.29, 0.717) is 11.3 Å². The summed E-state index contributed by atoms with van der Waals surface area (Å²) in [6.45, 7) is 4.08. The highest BCUT2D eigenvalue weighted by atomic mass is 35.5. The Bertz CT molecular complexity index is 683. The standard InChI is InChI=1S/C18H20ClN3O.ClH/c19-16-3-1-2-14(12-16)13-21-8-10-22(11-9-21)18(23)15-4-6-17(20)7-5-15;/h1-7,12H,8-11,13,20H2;1H. The van der Waals surface area contributed by atoms with Crippen molar-refractivity contribution < 1.29 is 4.79 Å². The maximum absolute atomic E-state index is 12.5. The van der Waals surface area contributed by atoms with E-state index < -0.39 is 0 Å². The minimum atomic E-state index is 0. The molecule has 1 amide bonds. The first kappa shape index (κ1) is 18.6. The Balaban J connectivity index is 0.00000208. The molecule has 1 aliphatic heterocycles. The summed E-state index contributed by atoms with van der Waals surface area (Å²) in [5, 5.41) is 0.764. The molecule has 1 heterocycles. The molecule has 1 aliphatic rings. The molecule has 0 aromatic heterocycles. The first-order valence-electron chi connectivity index (χ1n) is 7.73. The molecule has 0 radical (unpaired) electrons. The zero-order valence-corrected chi connectivity index (χ0v) is 14.9. The maximum Gasteiger partial charge on any atom is 0.253 e. The van der Waals surface area contributed by atoms with Gasteiger partial charge in [0.1, 0.15) is 0 Å². The quantitative estimate of drug-likeness (QED) is 0.848. The van der Waals surface area contributed by atoms with E-state index in [9.17, 15) is 4.79 Å². The third-order valence-corrected chi connectivity index (χ3v) is 4.35. The number of nitrogens with two attached hydrogens (primary N) is 1. The van der Waals surface area contributed by atoms with Crippen molar-refractivity contribution in [2.45, 2.75) is 6.54 Å². The third kappa shape index (κ3) is 4.63. The van der Waals surface area contributed by atoms with Gasteiger partial charge in [-0.15, -0.1) is 12.4 Å².